The highest BCUT2D eigenvalue weighted by atomic mass is 79.9. The van der Waals surface area contributed by atoms with Crippen molar-refractivity contribution in [1.29, 1.82) is 5.26 Å². The summed E-state index contributed by atoms with van der Waals surface area (Å²) in [6, 6.07) is 7.63. The molecule has 132 valence electrons. The predicted molar refractivity (Wildman–Crippen MR) is 103 cm³/mol. The van der Waals surface area contributed by atoms with Gasteiger partial charge in [0.1, 0.15) is 24.0 Å². The van der Waals surface area contributed by atoms with Crippen LogP contribution in [0.3, 0.4) is 0 Å². The zero-order valence-electron chi connectivity index (χ0n) is 14.4. The quantitative estimate of drug-likeness (QED) is 0.429. The first-order valence-corrected chi connectivity index (χ1v) is 9.30. The lowest BCUT2D eigenvalue weighted by molar-refractivity contribution is -0.118. The molecule has 2 rings (SSSR count). The SMILES string of the molecule is C=CCOc1ccc(Br)cc1/C=C(\C#N)C(=O)N[C@H]1CCCC[C@@H]1C. The van der Waals surface area contributed by atoms with Gasteiger partial charge in [-0.3, -0.25) is 4.79 Å². The van der Waals surface area contributed by atoms with E-state index in [1.54, 1.807) is 18.2 Å². The molecule has 1 fully saturated rings. The molecule has 0 saturated heterocycles. The lowest BCUT2D eigenvalue weighted by atomic mass is 9.86. The minimum atomic E-state index is -0.323. The third-order valence-corrected chi connectivity index (χ3v) is 4.91. The number of hydrogen-bond donors (Lipinski definition) is 1. The second kappa shape index (κ2) is 9.43. The highest BCUT2D eigenvalue weighted by Crippen LogP contribution is 2.27. The molecule has 0 aliphatic heterocycles. The summed E-state index contributed by atoms with van der Waals surface area (Å²) >= 11 is 3.41. The summed E-state index contributed by atoms with van der Waals surface area (Å²) in [7, 11) is 0. The Balaban J connectivity index is 2.21. The predicted octanol–water partition coefficient (Wildman–Crippen LogP) is 4.62. The van der Waals surface area contributed by atoms with Gasteiger partial charge in [-0.1, -0.05) is 48.4 Å². The second-order valence-corrected chi connectivity index (χ2v) is 7.21. The smallest absolute Gasteiger partial charge is 0.262 e. The van der Waals surface area contributed by atoms with Gasteiger partial charge in [0, 0.05) is 16.1 Å². The van der Waals surface area contributed by atoms with Crippen LogP contribution in [-0.4, -0.2) is 18.6 Å². The standard InChI is InChI=1S/C20H23BrN2O2/c1-3-10-25-19-9-8-17(21)12-15(19)11-16(13-22)20(24)23-18-7-5-4-6-14(18)2/h3,8-9,11-12,14,18H,1,4-7,10H2,2H3,(H,23,24)/b16-11+/t14-,18-/m0/s1. The average molecular weight is 403 g/mol. The fraction of sp³-hybridized carbons (Fsp3) is 0.400. The van der Waals surface area contributed by atoms with Crippen molar-refractivity contribution in [1.82, 2.24) is 5.32 Å². The Hall–Kier alpha value is -2.06. The van der Waals surface area contributed by atoms with Gasteiger partial charge in [0.2, 0.25) is 0 Å². The van der Waals surface area contributed by atoms with Crippen molar-refractivity contribution in [3.05, 3.63) is 46.5 Å². The number of benzene rings is 1. The van der Waals surface area contributed by atoms with E-state index >= 15 is 0 Å². The third kappa shape index (κ3) is 5.47. The van der Waals surface area contributed by atoms with E-state index in [0.717, 1.165) is 23.7 Å². The van der Waals surface area contributed by atoms with E-state index in [4.69, 9.17) is 4.74 Å². The minimum Gasteiger partial charge on any atom is -0.489 e. The normalized spacial score (nSPS) is 20.4. The van der Waals surface area contributed by atoms with Gasteiger partial charge in [-0.25, -0.2) is 0 Å². The highest BCUT2D eigenvalue weighted by Gasteiger charge is 2.24. The fourth-order valence-electron chi connectivity index (χ4n) is 2.99. The van der Waals surface area contributed by atoms with Gasteiger partial charge in [-0.15, -0.1) is 0 Å². The van der Waals surface area contributed by atoms with E-state index in [1.807, 2.05) is 18.2 Å². The second-order valence-electron chi connectivity index (χ2n) is 6.29. The fourth-order valence-corrected chi connectivity index (χ4v) is 3.37. The Morgan fingerprint density at radius 3 is 2.92 bits per heavy atom. The average Bonchev–Trinajstić information content (AvgIpc) is 2.60. The highest BCUT2D eigenvalue weighted by molar-refractivity contribution is 9.10. The van der Waals surface area contributed by atoms with Gasteiger partial charge in [0.25, 0.3) is 5.91 Å². The number of nitrogens with one attached hydrogen (secondary N) is 1. The molecule has 1 aromatic rings. The van der Waals surface area contributed by atoms with Crippen molar-refractivity contribution in [3.63, 3.8) is 0 Å². The summed E-state index contributed by atoms with van der Waals surface area (Å²) in [4.78, 5) is 12.5. The molecule has 0 heterocycles. The molecule has 5 heteroatoms. The maximum atomic E-state index is 12.5. The first-order chi connectivity index (χ1) is 12.0. The van der Waals surface area contributed by atoms with Crippen LogP contribution in [0.4, 0.5) is 0 Å². The molecule has 1 aliphatic carbocycles. The topological polar surface area (TPSA) is 62.1 Å². The van der Waals surface area contributed by atoms with Crippen molar-refractivity contribution in [2.45, 2.75) is 38.6 Å². The maximum absolute atomic E-state index is 12.5. The van der Waals surface area contributed by atoms with Crippen LogP contribution in [0.2, 0.25) is 0 Å². The lowest BCUT2D eigenvalue weighted by Crippen LogP contribution is -2.41. The van der Waals surface area contributed by atoms with Crippen molar-refractivity contribution < 1.29 is 9.53 Å². The summed E-state index contributed by atoms with van der Waals surface area (Å²) in [6.07, 6.45) is 7.63. The molecule has 0 aromatic heterocycles. The molecule has 1 amide bonds. The third-order valence-electron chi connectivity index (χ3n) is 4.42. The number of nitrogens with zero attached hydrogens (tertiary/aromatic N) is 1. The lowest BCUT2D eigenvalue weighted by Gasteiger charge is -2.29. The molecule has 0 bridgehead atoms. The summed E-state index contributed by atoms with van der Waals surface area (Å²) in [5.74, 6) is 0.723. The van der Waals surface area contributed by atoms with Gasteiger partial charge >= 0.3 is 0 Å². The van der Waals surface area contributed by atoms with Crippen LogP contribution in [0, 0.1) is 17.2 Å². The molecule has 0 unspecified atom stereocenters. The van der Waals surface area contributed by atoms with Crippen LogP contribution in [-0.2, 0) is 4.79 Å². The van der Waals surface area contributed by atoms with Crippen LogP contribution in [0.1, 0.15) is 38.2 Å². The molecule has 0 radical (unpaired) electrons. The molecule has 1 N–H and O–H groups in total. The van der Waals surface area contributed by atoms with Gasteiger partial charge in [0.15, 0.2) is 0 Å². The molecule has 1 aliphatic rings. The largest absolute Gasteiger partial charge is 0.489 e. The summed E-state index contributed by atoms with van der Waals surface area (Å²) in [5.41, 5.74) is 0.763. The zero-order chi connectivity index (χ0) is 18.2. The molecule has 0 spiro atoms. The van der Waals surface area contributed by atoms with Crippen molar-refractivity contribution in [2.75, 3.05) is 6.61 Å². The molecule has 25 heavy (non-hydrogen) atoms. The number of hydrogen-bond acceptors (Lipinski definition) is 3. The maximum Gasteiger partial charge on any atom is 0.262 e. The number of halogens is 1. The van der Waals surface area contributed by atoms with E-state index in [-0.39, 0.29) is 17.5 Å². The minimum absolute atomic E-state index is 0.0827. The molecular formula is C20H23BrN2O2. The van der Waals surface area contributed by atoms with Crippen molar-refractivity contribution in [2.24, 2.45) is 5.92 Å². The Kier molecular flexibility index (Phi) is 7.27. The van der Waals surface area contributed by atoms with E-state index in [2.05, 4.69) is 34.7 Å². The van der Waals surface area contributed by atoms with E-state index in [1.165, 1.54) is 6.42 Å². The Morgan fingerprint density at radius 1 is 1.48 bits per heavy atom. The Morgan fingerprint density at radius 2 is 2.24 bits per heavy atom. The Labute approximate surface area is 157 Å². The number of ether oxygens (including phenoxy) is 1. The van der Waals surface area contributed by atoms with Crippen LogP contribution >= 0.6 is 15.9 Å². The molecular weight excluding hydrogens is 380 g/mol. The number of amides is 1. The molecule has 1 saturated carbocycles. The summed E-state index contributed by atoms with van der Waals surface area (Å²) in [5, 5.41) is 12.5. The van der Waals surface area contributed by atoms with Crippen LogP contribution in [0.15, 0.2) is 40.9 Å². The zero-order valence-corrected chi connectivity index (χ0v) is 16.0. The van der Waals surface area contributed by atoms with E-state index in [9.17, 15) is 10.1 Å². The van der Waals surface area contributed by atoms with Gasteiger partial charge < -0.3 is 10.1 Å². The van der Waals surface area contributed by atoms with Gasteiger partial charge in [-0.05, 0) is 43.0 Å². The van der Waals surface area contributed by atoms with E-state index < -0.39 is 0 Å². The van der Waals surface area contributed by atoms with Crippen LogP contribution in [0.25, 0.3) is 6.08 Å². The first kappa shape index (κ1) is 19.3. The van der Waals surface area contributed by atoms with Gasteiger partial charge in [-0.2, -0.15) is 5.26 Å². The number of carbonyl (C=O) groups is 1. The summed E-state index contributed by atoms with van der Waals surface area (Å²) in [6.45, 7) is 6.14. The molecule has 1 aromatic carbocycles. The molecule has 2 atom stereocenters. The van der Waals surface area contributed by atoms with Crippen LogP contribution in [0.5, 0.6) is 5.75 Å². The monoisotopic (exact) mass is 402 g/mol. The van der Waals surface area contributed by atoms with E-state index in [0.29, 0.717) is 23.8 Å². The van der Waals surface area contributed by atoms with Crippen molar-refractivity contribution in [3.8, 4) is 11.8 Å². The Bertz CT molecular complexity index is 706. The number of carbonyl (C=O) groups excluding carboxylic acids is 1. The molecule has 4 nitrogen and oxygen atoms in total. The van der Waals surface area contributed by atoms with Crippen LogP contribution < -0.4 is 10.1 Å². The first-order valence-electron chi connectivity index (χ1n) is 8.51. The van der Waals surface area contributed by atoms with Crippen molar-refractivity contribution >= 4 is 27.9 Å². The van der Waals surface area contributed by atoms with Gasteiger partial charge in [0.05, 0.1) is 0 Å². The number of nitriles is 1. The summed E-state index contributed by atoms with van der Waals surface area (Å²) < 4.78 is 6.46. The number of rotatable bonds is 6.